The lowest BCUT2D eigenvalue weighted by molar-refractivity contribution is 0.453. The molecule has 0 aromatic carbocycles. The maximum absolute atomic E-state index is 5.63. The third-order valence-corrected chi connectivity index (χ3v) is 3.54. The highest BCUT2D eigenvalue weighted by molar-refractivity contribution is 5.06. The van der Waals surface area contributed by atoms with E-state index in [9.17, 15) is 0 Å². The Balaban J connectivity index is 2.17. The molecule has 0 spiro atoms. The minimum absolute atomic E-state index is 0.501. The van der Waals surface area contributed by atoms with Gasteiger partial charge in [0.2, 0.25) is 0 Å². The van der Waals surface area contributed by atoms with Crippen molar-refractivity contribution in [2.75, 3.05) is 0 Å². The van der Waals surface area contributed by atoms with Crippen LogP contribution in [-0.2, 0) is 0 Å². The molecule has 2 heteroatoms. The largest absolute Gasteiger partial charge is 0.271 e. The molecule has 1 rings (SSSR count). The first-order valence-corrected chi connectivity index (χ1v) is 7.00. The molecular formula is C14H28N2. The lowest BCUT2D eigenvalue weighted by Gasteiger charge is -2.20. The normalized spacial score (nSPS) is 18.2. The van der Waals surface area contributed by atoms with E-state index < -0.39 is 0 Å². The van der Waals surface area contributed by atoms with Crippen molar-refractivity contribution in [2.45, 2.75) is 77.2 Å². The summed E-state index contributed by atoms with van der Waals surface area (Å²) in [6.45, 7) is 2.26. The quantitative estimate of drug-likeness (QED) is 0.286. The van der Waals surface area contributed by atoms with Crippen molar-refractivity contribution in [3.63, 3.8) is 0 Å². The molecule has 0 amide bonds. The molecule has 16 heavy (non-hydrogen) atoms. The van der Waals surface area contributed by atoms with E-state index in [1.54, 1.807) is 5.57 Å². The molecule has 0 aromatic heterocycles. The van der Waals surface area contributed by atoms with E-state index >= 15 is 0 Å². The summed E-state index contributed by atoms with van der Waals surface area (Å²) in [6, 6.07) is 0.501. The van der Waals surface area contributed by atoms with Crippen molar-refractivity contribution < 1.29 is 0 Å². The van der Waals surface area contributed by atoms with Crippen LogP contribution in [0.1, 0.15) is 71.1 Å². The minimum atomic E-state index is 0.501. The highest BCUT2D eigenvalue weighted by Crippen LogP contribution is 2.22. The molecule has 0 aromatic rings. The number of nitrogens with two attached hydrogens (primary N) is 1. The number of allylic oxidation sites excluding steroid dienone is 1. The van der Waals surface area contributed by atoms with Crippen LogP contribution in [0.5, 0.6) is 0 Å². The summed E-state index contributed by atoms with van der Waals surface area (Å²) in [6.07, 6.45) is 15.5. The first-order chi connectivity index (χ1) is 7.86. The van der Waals surface area contributed by atoms with Gasteiger partial charge in [-0.2, -0.15) is 0 Å². The van der Waals surface area contributed by atoms with Crippen LogP contribution in [-0.4, -0.2) is 6.04 Å². The standard InChI is InChI=1S/C14H28N2/c1-2-3-4-8-11-14(16-15)12-13-9-6-5-7-10-13/h9,14,16H,2-8,10-12,15H2,1H3. The van der Waals surface area contributed by atoms with E-state index in [-0.39, 0.29) is 0 Å². The molecule has 0 saturated heterocycles. The Bertz CT molecular complexity index is 199. The Labute approximate surface area is 101 Å². The van der Waals surface area contributed by atoms with Gasteiger partial charge in [0.15, 0.2) is 0 Å². The summed E-state index contributed by atoms with van der Waals surface area (Å²) in [7, 11) is 0. The summed E-state index contributed by atoms with van der Waals surface area (Å²) in [5, 5.41) is 0. The maximum Gasteiger partial charge on any atom is 0.0247 e. The molecule has 0 saturated carbocycles. The van der Waals surface area contributed by atoms with Crippen molar-refractivity contribution in [1.82, 2.24) is 5.43 Å². The fourth-order valence-corrected chi connectivity index (χ4v) is 2.47. The first kappa shape index (κ1) is 13.7. The van der Waals surface area contributed by atoms with E-state index in [1.807, 2.05) is 0 Å². The number of unbranched alkanes of at least 4 members (excludes halogenated alkanes) is 3. The summed E-state index contributed by atoms with van der Waals surface area (Å²) < 4.78 is 0. The molecule has 0 aliphatic heterocycles. The van der Waals surface area contributed by atoms with Gasteiger partial charge in [-0.25, -0.2) is 0 Å². The lowest BCUT2D eigenvalue weighted by atomic mass is 9.92. The van der Waals surface area contributed by atoms with Crippen LogP contribution in [0.2, 0.25) is 0 Å². The van der Waals surface area contributed by atoms with Gasteiger partial charge in [0.25, 0.3) is 0 Å². The molecule has 1 unspecified atom stereocenters. The molecule has 1 aliphatic carbocycles. The molecule has 1 aliphatic rings. The first-order valence-electron chi connectivity index (χ1n) is 7.00. The Kier molecular flexibility index (Phi) is 7.52. The fourth-order valence-electron chi connectivity index (χ4n) is 2.47. The van der Waals surface area contributed by atoms with Gasteiger partial charge in [-0.3, -0.25) is 11.3 Å². The Morgan fingerprint density at radius 1 is 1.31 bits per heavy atom. The van der Waals surface area contributed by atoms with Gasteiger partial charge in [-0.1, -0.05) is 44.3 Å². The zero-order valence-corrected chi connectivity index (χ0v) is 10.8. The second-order valence-corrected chi connectivity index (χ2v) is 5.03. The Hall–Kier alpha value is -0.340. The molecule has 0 fully saturated rings. The summed E-state index contributed by atoms with van der Waals surface area (Å²) in [4.78, 5) is 0. The molecular weight excluding hydrogens is 196 g/mol. The Morgan fingerprint density at radius 2 is 2.19 bits per heavy atom. The average Bonchev–Trinajstić information content (AvgIpc) is 2.34. The topological polar surface area (TPSA) is 38.0 Å². The van der Waals surface area contributed by atoms with Crippen LogP contribution in [0.15, 0.2) is 11.6 Å². The van der Waals surface area contributed by atoms with Gasteiger partial charge in [0.1, 0.15) is 0 Å². The number of hydrogen-bond acceptors (Lipinski definition) is 2. The minimum Gasteiger partial charge on any atom is -0.271 e. The zero-order chi connectivity index (χ0) is 11.6. The van der Waals surface area contributed by atoms with Gasteiger partial charge in [0, 0.05) is 6.04 Å². The summed E-state index contributed by atoms with van der Waals surface area (Å²) in [5.41, 5.74) is 4.61. The van der Waals surface area contributed by atoms with Crippen molar-refractivity contribution in [3.8, 4) is 0 Å². The van der Waals surface area contributed by atoms with E-state index in [2.05, 4.69) is 18.4 Å². The van der Waals surface area contributed by atoms with E-state index in [1.165, 1.54) is 64.2 Å². The van der Waals surface area contributed by atoms with Crippen molar-refractivity contribution >= 4 is 0 Å². The third-order valence-electron chi connectivity index (χ3n) is 3.54. The highest BCUT2D eigenvalue weighted by atomic mass is 15.2. The summed E-state index contributed by atoms with van der Waals surface area (Å²) >= 11 is 0. The molecule has 0 radical (unpaired) electrons. The second kappa shape index (κ2) is 8.77. The van der Waals surface area contributed by atoms with Gasteiger partial charge in [0.05, 0.1) is 0 Å². The molecule has 94 valence electrons. The molecule has 1 atom stereocenters. The SMILES string of the molecule is CCCCCCC(CC1=CCCCC1)NN. The molecule has 0 heterocycles. The predicted octanol–water partition coefficient (Wildman–Crippen LogP) is 3.68. The van der Waals surface area contributed by atoms with Crippen LogP contribution in [0, 0.1) is 0 Å². The van der Waals surface area contributed by atoms with Crippen LogP contribution in [0.25, 0.3) is 0 Å². The highest BCUT2D eigenvalue weighted by Gasteiger charge is 2.11. The number of rotatable bonds is 8. The fraction of sp³-hybridized carbons (Fsp3) is 0.857. The number of hydrogen-bond donors (Lipinski definition) is 2. The maximum atomic E-state index is 5.63. The molecule has 0 bridgehead atoms. The van der Waals surface area contributed by atoms with Crippen molar-refractivity contribution in [3.05, 3.63) is 11.6 Å². The monoisotopic (exact) mass is 224 g/mol. The van der Waals surface area contributed by atoms with Gasteiger partial charge < -0.3 is 0 Å². The predicted molar refractivity (Wildman–Crippen MR) is 71.0 cm³/mol. The van der Waals surface area contributed by atoms with E-state index in [0.717, 1.165) is 0 Å². The van der Waals surface area contributed by atoms with E-state index in [4.69, 9.17) is 5.84 Å². The number of hydrazine groups is 1. The zero-order valence-electron chi connectivity index (χ0n) is 10.8. The second-order valence-electron chi connectivity index (χ2n) is 5.03. The average molecular weight is 224 g/mol. The van der Waals surface area contributed by atoms with Gasteiger partial charge >= 0.3 is 0 Å². The van der Waals surface area contributed by atoms with Crippen LogP contribution >= 0.6 is 0 Å². The van der Waals surface area contributed by atoms with Crippen LogP contribution in [0.4, 0.5) is 0 Å². The van der Waals surface area contributed by atoms with Crippen LogP contribution in [0.3, 0.4) is 0 Å². The van der Waals surface area contributed by atoms with E-state index in [0.29, 0.717) is 6.04 Å². The van der Waals surface area contributed by atoms with Gasteiger partial charge in [-0.15, -0.1) is 0 Å². The Morgan fingerprint density at radius 3 is 2.81 bits per heavy atom. The number of nitrogens with one attached hydrogen (secondary N) is 1. The molecule has 2 nitrogen and oxygen atoms in total. The van der Waals surface area contributed by atoms with Crippen LogP contribution < -0.4 is 11.3 Å². The smallest absolute Gasteiger partial charge is 0.0247 e. The van der Waals surface area contributed by atoms with Gasteiger partial charge in [-0.05, 0) is 38.5 Å². The lowest BCUT2D eigenvalue weighted by Crippen LogP contribution is -2.35. The van der Waals surface area contributed by atoms with Crippen molar-refractivity contribution in [1.29, 1.82) is 0 Å². The third kappa shape index (κ3) is 5.66. The molecule has 3 N–H and O–H groups in total. The summed E-state index contributed by atoms with van der Waals surface area (Å²) in [5.74, 6) is 5.63. The van der Waals surface area contributed by atoms with Crippen molar-refractivity contribution in [2.24, 2.45) is 5.84 Å².